The fourth-order valence-electron chi connectivity index (χ4n) is 1.99. The van der Waals surface area contributed by atoms with Crippen molar-refractivity contribution in [2.75, 3.05) is 5.75 Å². The molecule has 120 valence electrons. The summed E-state index contributed by atoms with van der Waals surface area (Å²) in [5.41, 5.74) is 0.860. The van der Waals surface area contributed by atoms with Gasteiger partial charge in [-0.3, -0.25) is 4.79 Å². The summed E-state index contributed by atoms with van der Waals surface area (Å²) in [7, 11) is 0. The van der Waals surface area contributed by atoms with Gasteiger partial charge in [0, 0.05) is 11.3 Å². The van der Waals surface area contributed by atoms with E-state index in [2.05, 4.69) is 5.32 Å². The van der Waals surface area contributed by atoms with E-state index in [-0.39, 0.29) is 18.1 Å². The van der Waals surface area contributed by atoms with Gasteiger partial charge in [0.15, 0.2) is 0 Å². The third-order valence-corrected chi connectivity index (χ3v) is 4.63. The van der Waals surface area contributed by atoms with Crippen LogP contribution in [0.15, 0.2) is 59.5 Å². The molecule has 0 aliphatic rings. The molecule has 0 saturated heterocycles. The molecule has 2 aromatic carbocycles. The third-order valence-electron chi connectivity index (χ3n) is 3.11. The first-order valence-electron chi connectivity index (χ1n) is 6.99. The Labute approximate surface area is 143 Å². The maximum Gasteiger partial charge on any atom is 0.326 e. The van der Waals surface area contributed by atoms with E-state index in [0.29, 0.717) is 5.02 Å². The Bertz CT molecular complexity index is 679. The van der Waals surface area contributed by atoms with Gasteiger partial charge in [0.25, 0.3) is 0 Å². The van der Waals surface area contributed by atoms with Crippen molar-refractivity contribution < 1.29 is 14.7 Å². The Kier molecular flexibility index (Phi) is 6.50. The maximum atomic E-state index is 12.0. The van der Waals surface area contributed by atoms with Crippen molar-refractivity contribution in [2.45, 2.75) is 17.4 Å². The summed E-state index contributed by atoms with van der Waals surface area (Å²) in [6, 6.07) is 15.5. The van der Waals surface area contributed by atoms with Crippen LogP contribution in [-0.4, -0.2) is 28.8 Å². The highest BCUT2D eigenvalue weighted by atomic mass is 35.5. The molecular formula is C17H16ClNO3S. The second-order valence-corrected chi connectivity index (χ2v) is 6.29. The molecule has 0 bridgehead atoms. The van der Waals surface area contributed by atoms with E-state index in [1.165, 1.54) is 11.8 Å². The van der Waals surface area contributed by atoms with E-state index in [9.17, 15) is 14.7 Å². The minimum atomic E-state index is -1.05. The van der Waals surface area contributed by atoms with Gasteiger partial charge in [-0.25, -0.2) is 4.79 Å². The predicted octanol–water partition coefficient (Wildman–Crippen LogP) is 3.24. The summed E-state index contributed by atoms with van der Waals surface area (Å²) in [6.07, 6.45) is 0.249. The number of amides is 1. The van der Waals surface area contributed by atoms with Gasteiger partial charge in [0.2, 0.25) is 5.91 Å². The van der Waals surface area contributed by atoms with Crippen LogP contribution in [0.2, 0.25) is 5.02 Å². The number of aliphatic carboxylic acids is 1. The number of hydrogen-bond acceptors (Lipinski definition) is 3. The molecule has 1 atom stereocenters. The lowest BCUT2D eigenvalue weighted by atomic mass is 10.1. The summed E-state index contributed by atoms with van der Waals surface area (Å²) in [4.78, 5) is 24.1. The summed E-state index contributed by atoms with van der Waals surface area (Å²) in [5, 5.41) is 12.4. The van der Waals surface area contributed by atoms with Gasteiger partial charge in [0.1, 0.15) is 6.04 Å². The molecule has 4 nitrogen and oxygen atoms in total. The quantitative estimate of drug-likeness (QED) is 0.753. The molecule has 0 aliphatic carbocycles. The van der Waals surface area contributed by atoms with Crippen molar-refractivity contribution in [1.82, 2.24) is 5.32 Å². The zero-order valence-electron chi connectivity index (χ0n) is 12.2. The van der Waals surface area contributed by atoms with Crippen LogP contribution in [0, 0.1) is 0 Å². The first-order chi connectivity index (χ1) is 11.1. The number of nitrogens with one attached hydrogen (secondary N) is 1. The normalized spacial score (nSPS) is 11.7. The lowest BCUT2D eigenvalue weighted by molar-refractivity contribution is -0.141. The smallest absolute Gasteiger partial charge is 0.326 e. The Morgan fingerprint density at radius 2 is 1.74 bits per heavy atom. The molecule has 0 aromatic heterocycles. The largest absolute Gasteiger partial charge is 0.480 e. The Hall–Kier alpha value is -1.98. The van der Waals surface area contributed by atoms with Gasteiger partial charge < -0.3 is 10.4 Å². The second kappa shape index (κ2) is 8.60. The molecule has 0 fully saturated rings. The molecule has 2 aromatic rings. The highest BCUT2D eigenvalue weighted by Gasteiger charge is 2.20. The van der Waals surface area contributed by atoms with Gasteiger partial charge in [-0.15, -0.1) is 11.8 Å². The van der Waals surface area contributed by atoms with Crippen molar-refractivity contribution in [2.24, 2.45) is 0 Å². The van der Waals surface area contributed by atoms with E-state index in [0.717, 1.165) is 10.5 Å². The molecule has 1 amide bonds. The van der Waals surface area contributed by atoms with Crippen molar-refractivity contribution in [3.8, 4) is 0 Å². The molecule has 0 aliphatic heterocycles. The van der Waals surface area contributed by atoms with Crippen LogP contribution in [0.4, 0.5) is 0 Å². The zero-order valence-corrected chi connectivity index (χ0v) is 13.8. The molecule has 0 spiro atoms. The van der Waals surface area contributed by atoms with Crippen molar-refractivity contribution in [3.63, 3.8) is 0 Å². The molecule has 2 N–H and O–H groups in total. The van der Waals surface area contributed by atoms with Crippen LogP contribution >= 0.6 is 23.4 Å². The first kappa shape index (κ1) is 17.4. The number of carbonyl (C=O) groups is 2. The van der Waals surface area contributed by atoms with E-state index in [1.807, 2.05) is 48.5 Å². The molecule has 0 heterocycles. The molecule has 23 heavy (non-hydrogen) atoms. The Balaban J connectivity index is 1.91. The molecule has 0 radical (unpaired) electrons. The van der Waals surface area contributed by atoms with Crippen LogP contribution < -0.4 is 5.32 Å². The van der Waals surface area contributed by atoms with Crippen LogP contribution in [0.1, 0.15) is 5.56 Å². The van der Waals surface area contributed by atoms with E-state index in [4.69, 9.17) is 11.6 Å². The van der Waals surface area contributed by atoms with Crippen LogP contribution in [0.25, 0.3) is 0 Å². The van der Waals surface area contributed by atoms with E-state index in [1.54, 1.807) is 6.07 Å². The molecule has 6 heteroatoms. The monoisotopic (exact) mass is 349 g/mol. The van der Waals surface area contributed by atoms with Gasteiger partial charge >= 0.3 is 5.97 Å². The summed E-state index contributed by atoms with van der Waals surface area (Å²) >= 11 is 7.30. The third kappa shape index (κ3) is 5.62. The summed E-state index contributed by atoms with van der Waals surface area (Å²) in [5.74, 6) is -1.27. The first-order valence-corrected chi connectivity index (χ1v) is 8.36. The average Bonchev–Trinajstić information content (AvgIpc) is 2.54. The molecular weight excluding hydrogens is 334 g/mol. The topological polar surface area (TPSA) is 66.4 Å². The number of rotatable bonds is 7. The highest BCUT2D eigenvalue weighted by molar-refractivity contribution is 8.00. The zero-order chi connectivity index (χ0) is 16.7. The number of benzene rings is 2. The van der Waals surface area contributed by atoms with Crippen LogP contribution in [-0.2, 0) is 16.0 Å². The standard InChI is InChI=1S/C17H16ClNO3S/c18-13-8-4-5-9-15(13)23-11-16(20)19-14(17(21)22)10-12-6-2-1-3-7-12/h1-9,14H,10-11H2,(H,19,20)(H,21,22). The van der Waals surface area contributed by atoms with Crippen molar-refractivity contribution in [3.05, 3.63) is 65.2 Å². The second-order valence-electron chi connectivity index (χ2n) is 4.87. The minimum Gasteiger partial charge on any atom is -0.480 e. The average molecular weight is 350 g/mol. The number of carboxylic acid groups (broad SMARTS) is 1. The SMILES string of the molecule is O=C(CSc1ccccc1Cl)NC(Cc1ccccc1)C(=O)O. The van der Waals surface area contributed by atoms with Gasteiger partial charge in [-0.2, -0.15) is 0 Å². The number of carbonyl (C=O) groups excluding carboxylic acids is 1. The summed E-state index contributed by atoms with van der Waals surface area (Å²) < 4.78 is 0. The lowest BCUT2D eigenvalue weighted by Crippen LogP contribution is -2.43. The van der Waals surface area contributed by atoms with Crippen LogP contribution in [0.5, 0.6) is 0 Å². The number of thioether (sulfide) groups is 1. The number of carboxylic acids is 1. The predicted molar refractivity (Wildman–Crippen MR) is 91.9 cm³/mol. The van der Waals surface area contributed by atoms with E-state index < -0.39 is 12.0 Å². The fourth-order valence-corrected chi connectivity index (χ4v) is 3.04. The maximum absolute atomic E-state index is 12.0. The van der Waals surface area contributed by atoms with Crippen molar-refractivity contribution >= 4 is 35.2 Å². The number of halogens is 1. The van der Waals surface area contributed by atoms with Gasteiger partial charge in [-0.05, 0) is 17.7 Å². The van der Waals surface area contributed by atoms with Crippen LogP contribution in [0.3, 0.4) is 0 Å². The van der Waals surface area contributed by atoms with Gasteiger partial charge in [0.05, 0.1) is 10.8 Å². The fraction of sp³-hybridized carbons (Fsp3) is 0.176. The van der Waals surface area contributed by atoms with Gasteiger partial charge in [-0.1, -0.05) is 54.1 Å². The minimum absolute atomic E-state index is 0.113. The highest BCUT2D eigenvalue weighted by Crippen LogP contribution is 2.26. The number of hydrogen-bond donors (Lipinski definition) is 2. The molecule has 0 saturated carbocycles. The molecule has 2 rings (SSSR count). The van der Waals surface area contributed by atoms with Crippen molar-refractivity contribution in [1.29, 1.82) is 0 Å². The lowest BCUT2D eigenvalue weighted by Gasteiger charge is -2.14. The molecule has 1 unspecified atom stereocenters. The Morgan fingerprint density at radius 3 is 2.39 bits per heavy atom. The Morgan fingerprint density at radius 1 is 1.09 bits per heavy atom. The van der Waals surface area contributed by atoms with E-state index >= 15 is 0 Å². The summed E-state index contributed by atoms with van der Waals surface area (Å²) in [6.45, 7) is 0.